The van der Waals surface area contributed by atoms with E-state index >= 15 is 0 Å². The molecule has 1 N–H and O–H groups in total. The van der Waals surface area contributed by atoms with Crippen LogP contribution in [0.2, 0.25) is 0 Å². The predicted molar refractivity (Wildman–Crippen MR) is 122 cm³/mol. The van der Waals surface area contributed by atoms with Crippen molar-refractivity contribution in [2.75, 3.05) is 20.8 Å². The van der Waals surface area contributed by atoms with E-state index < -0.39 is 0 Å². The van der Waals surface area contributed by atoms with Gasteiger partial charge in [-0.2, -0.15) is 0 Å². The minimum absolute atomic E-state index is 0.0724. The van der Waals surface area contributed by atoms with Gasteiger partial charge in [0.25, 0.3) is 5.91 Å². The minimum Gasteiger partial charge on any atom is -0.497 e. The van der Waals surface area contributed by atoms with E-state index in [0.717, 1.165) is 5.56 Å². The van der Waals surface area contributed by atoms with Crippen LogP contribution in [0.3, 0.4) is 0 Å². The van der Waals surface area contributed by atoms with Crippen molar-refractivity contribution in [3.05, 3.63) is 72.5 Å². The van der Waals surface area contributed by atoms with Gasteiger partial charge >= 0.3 is 0 Å². The van der Waals surface area contributed by atoms with Gasteiger partial charge in [-0.25, -0.2) is 0 Å². The largest absolute Gasteiger partial charge is 0.497 e. The summed E-state index contributed by atoms with van der Waals surface area (Å²) in [6, 6.07) is 5.33. The molecule has 30 heavy (non-hydrogen) atoms. The average molecular weight is 415 g/mol. The molecule has 1 aliphatic rings. The van der Waals surface area contributed by atoms with Crippen molar-refractivity contribution in [2.24, 2.45) is 0 Å². The van der Waals surface area contributed by atoms with Gasteiger partial charge in [-0.15, -0.1) is 0 Å². The highest BCUT2D eigenvalue weighted by Crippen LogP contribution is 2.27. The lowest BCUT2D eigenvalue weighted by Gasteiger charge is -2.21. The maximum atomic E-state index is 13.0. The van der Waals surface area contributed by atoms with Gasteiger partial charge in [-0.05, 0) is 24.3 Å². The third-order valence-electron chi connectivity index (χ3n) is 3.84. The topological polar surface area (TPSA) is 67.9 Å². The van der Waals surface area contributed by atoms with E-state index in [1.165, 1.54) is 17.1 Å². The lowest BCUT2D eigenvalue weighted by molar-refractivity contribution is -0.131. The summed E-state index contributed by atoms with van der Waals surface area (Å²) in [6.45, 7) is 15.4. The van der Waals surface area contributed by atoms with Gasteiger partial charge in [0.05, 0.1) is 32.0 Å². The van der Waals surface area contributed by atoms with Gasteiger partial charge in [-0.3, -0.25) is 9.59 Å². The van der Waals surface area contributed by atoms with Crippen molar-refractivity contribution < 1.29 is 19.1 Å². The fraction of sp³-hybridized carbons (Fsp3) is 0.333. The summed E-state index contributed by atoms with van der Waals surface area (Å²) in [5.41, 5.74) is 1.51. The molecule has 164 valence electrons. The Kier molecular flexibility index (Phi) is 13.1. The van der Waals surface area contributed by atoms with Crippen LogP contribution in [0.1, 0.15) is 33.3 Å². The summed E-state index contributed by atoms with van der Waals surface area (Å²) in [5, 5.41) is 2.73. The van der Waals surface area contributed by atoms with Crippen LogP contribution in [-0.4, -0.2) is 37.5 Å². The average Bonchev–Trinajstić information content (AvgIpc) is 2.89. The van der Waals surface area contributed by atoms with Gasteiger partial charge in [0, 0.05) is 11.6 Å². The Morgan fingerprint density at radius 2 is 1.67 bits per heavy atom. The molecule has 6 nitrogen and oxygen atoms in total. The van der Waals surface area contributed by atoms with Gasteiger partial charge in [-0.1, -0.05) is 53.0 Å². The van der Waals surface area contributed by atoms with Gasteiger partial charge in [0.2, 0.25) is 5.91 Å². The van der Waals surface area contributed by atoms with Crippen molar-refractivity contribution in [1.82, 2.24) is 10.2 Å². The molecular weight excluding hydrogens is 380 g/mol. The number of hydrogen-bond donors (Lipinski definition) is 1. The second kappa shape index (κ2) is 14.7. The number of carbonyl (C=O) groups excluding carboxylic acids is 2. The number of rotatable bonds is 6. The molecule has 0 unspecified atom stereocenters. The number of hydrogen-bond acceptors (Lipinski definition) is 4. The summed E-state index contributed by atoms with van der Waals surface area (Å²) in [4.78, 5) is 26.7. The summed E-state index contributed by atoms with van der Waals surface area (Å²) >= 11 is 0. The molecule has 1 fully saturated rings. The maximum absolute atomic E-state index is 13.0. The second-order valence-electron chi connectivity index (χ2n) is 5.52. The first-order valence-corrected chi connectivity index (χ1v) is 9.99. The lowest BCUT2D eigenvalue weighted by Crippen LogP contribution is -2.35. The van der Waals surface area contributed by atoms with Crippen LogP contribution in [0.15, 0.2) is 66.9 Å². The van der Waals surface area contributed by atoms with Crippen LogP contribution in [0.5, 0.6) is 11.5 Å². The van der Waals surface area contributed by atoms with Crippen molar-refractivity contribution in [3.63, 3.8) is 0 Å². The van der Waals surface area contributed by atoms with E-state index in [2.05, 4.69) is 18.5 Å². The fourth-order valence-electron chi connectivity index (χ4n) is 2.63. The van der Waals surface area contributed by atoms with E-state index in [4.69, 9.17) is 9.47 Å². The van der Waals surface area contributed by atoms with Crippen LogP contribution < -0.4 is 14.8 Å². The van der Waals surface area contributed by atoms with Crippen molar-refractivity contribution in [3.8, 4) is 11.5 Å². The second-order valence-corrected chi connectivity index (χ2v) is 5.52. The summed E-state index contributed by atoms with van der Waals surface area (Å²) < 4.78 is 10.6. The lowest BCUT2D eigenvalue weighted by atomic mass is 10.1. The quantitative estimate of drug-likeness (QED) is 0.701. The fourth-order valence-corrected chi connectivity index (χ4v) is 2.63. The first kappa shape index (κ1) is 26.7. The number of nitrogens with one attached hydrogen (secondary N) is 1. The Morgan fingerprint density at radius 1 is 1.03 bits per heavy atom. The third kappa shape index (κ3) is 7.28. The van der Waals surface area contributed by atoms with Crippen LogP contribution in [-0.2, 0) is 16.1 Å². The van der Waals surface area contributed by atoms with E-state index in [-0.39, 0.29) is 24.9 Å². The molecule has 0 aromatic heterocycles. The highest BCUT2D eigenvalue weighted by molar-refractivity contribution is 6.03. The van der Waals surface area contributed by atoms with Gasteiger partial charge < -0.3 is 19.7 Å². The first-order valence-electron chi connectivity index (χ1n) is 9.99. The highest BCUT2D eigenvalue weighted by atomic mass is 16.5. The summed E-state index contributed by atoms with van der Waals surface area (Å²) in [5.74, 6) is 0.660. The standard InChI is InChI=1S/C20H22N2O4.2C2H6/c1-5-7-16-17(8-6-2)21-19(23)13-22(20(16)24)12-14-9-10-15(25-3)11-18(14)26-4;2*1-2/h5-11H,1-2,12-13H2,3-4H3,(H,21,23);2*1-2H3/b16-7+,17-8+;;. The van der Waals surface area contributed by atoms with Crippen LogP contribution in [0.4, 0.5) is 0 Å². The SMILES string of the molecule is C=C/C=C1/NC(=O)CN(Cc2ccc(OC)cc2OC)C(=O)/C1=C/C=C.CC.CC. The zero-order valence-electron chi connectivity index (χ0n) is 19.0. The van der Waals surface area contributed by atoms with E-state index in [0.29, 0.717) is 22.8 Å². The van der Waals surface area contributed by atoms with Gasteiger partial charge in [0.1, 0.15) is 18.0 Å². The molecule has 2 amide bonds. The molecule has 6 heteroatoms. The molecule has 0 bridgehead atoms. The predicted octanol–water partition coefficient (Wildman–Crippen LogP) is 4.40. The summed E-state index contributed by atoms with van der Waals surface area (Å²) in [6.07, 6.45) is 6.18. The zero-order valence-corrected chi connectivity index (χ0v) is 19.0. The van der Waals surface area contributed by atoms with Crippen LogP contribution in [0.25, 0.3) is 0 Å². The van der Waals surface area contributed by atoms with Crippen molar-refractivity contribution in [1.29, 1.82) is 0 Å². The Hall–Kier alpha value is -3.28. The molecule has 1 aromatic rings. The molecule has 1 aliphatic heterocycles. The summed E-state index contributed by atoms with van der Waals surface area (Å²) in [7, 11) is 3.11. The van der Waals surface area contributed by atoms with Crippen molar-refractivity contribution >= 4 is 11.8 Å². The number of amides is 2. The molecule has 0 saturated carbocycles. The molecule has 0 atom stereocenters. The molecule has 0 radical (unpaired) electrons. The first-order chi connectivity index (χ1) is 14.5. The molecule has 1 aromatic carbocycles. The van der Waals surface area contributed by atoms with Crippen LogP contribution in [0, 0.1) is 0 Å². The van der Waals surface area contributed by atoms with Crippen molar-refractivity contribution in [2.45, 2.75) is 34.2 Å². The molecule has 0 aliphatic carbocycles. The number of ether oxygens (including phenoxy) is 2. The number of carbonyl (C=O) groups is 2. The van der Waals surface area contributed by atoms with E-state index in [9.17, 15) is 9.59 Å². The third-order valence-corrected chi connectivity index (χ3v) is 3.84. The highest BCUT2D eigenvalue weighted by Gasteiger charge is 2.28. The Labute approximate surface area is 180 Å². The number of methoxy groups -OCH3 is 2. The molecule has 2 rings (SSSR count). The molecular formula is C24H34N2O4. The molecule has 1 saturated heterocycles. The zero-order chi connectivity index (χ0) is 23.1. The number of allylic oxidation sites excluding steroid dienone is 4. The van der Waals surface area contributed by atoms with E-state index in [1.54, 1.807) is 38.5 Å². The Morgan fingerprint density at radius 3 is 2.20 bits per heavy atom. The minimum atomic E-state index is -0.286. The van der Waals surface area contributed by atoms with Crippen LogP contribution >= 0.6 is 0 Å². The molecule has 1 heterocycles. The van der Waals surface area contributed by atoms with E-state index in [1.807, 2.05) is 33.8 Å². The smallest absolute Gasteiger partial charge is 0.256 e. The monoisotopic (exact) mass is 414 g/mol. The Bertz CT molecular complexity index is 794. The maximum Gasteiger partial charge on any atom is 0.256 e. The normalized spacial score (nSPS) is 15.7. The Balaban J connectivity index is 0.00000198. The number of benzene rings is 1. The molecule has 0 spiro atoms. The van der Waals surface area contributed by atoms with Gasteiger partial charge in [0.15, 0.2) is 0 Å². The number of nitrogens with zero attached hydrogens (tertiary/aromatic N) is 1.